The molecule has 1 aromatic heterocycles. The smallest absolute Gasteiger partial charge is 0.230 e. The Morgan fingerprint density at radius 1 is 1.47 bits per heavy atom. The summed E-state index contributed by atoms with van der Waals surface area (Å²) in [7, 11) is 1.71. The number of rotatable bonds is 5. The zero-order chi connectivity index (χ0) is 13.7. The van der Waals surface area contributed by atoms with Gasteiger partial charge in [0.15, 0.2) is 5.13 Å². The normalized spacial score (nSPS) is 15.4. The maximum Gasteiger partial charge on any atom is 0.230 e. The van der Waals surface area contributed by atoms with Crippen LogP contribution < -0.4 is 10.2 Å². The minimum absolute atomic E-state index is 0.0262. The lowest BCUT2D eigenvalue weighted by Crippen LogP contribution is -2.34. The van der Waals surface area contributed by atoms with Crippen LogP contribution in [0.5, 0.6) is 0 Å². The van der Waals surface area contributed by atoms with Gasteiger partial charge in [0.25, 0.3) is 0 Å². The molecule has 6 heteroatoms. The summed E-state index contributed by atoms with van der Waals surface area (Å²) in [5.41, 5.74) is 0. The highest BCUT2D eigenvalue weighted by molar-refractivity contribution is 7.13. The van der Waals surface area contributed by atoms with E-state index >= 15 is 0 Å². The quantitative estimate of drug-likeness (QED) is 0.895. The molecule has 1 aliphatic rings. The molecular weight excluding hydrogens is 262 g/mol. The van der Waals surface area contributed by atoms with Gasteiger partial charge < -0.3 is 5.32 Å². The Morgan fingerprint density at radius 3 is 2.84 bits per heavy atom. The second-order valence-corrected chi connectivity index (χ2v) is 5.66. The zero-order valence-electron chi connectivity index (χ0n) is 11.1. The van der Waals surface area contributed by atoms with Crippen molar-refractivity contribution >= 4 is 28.3 Å². The van der Waals surface area contributed by atoms with Gasteiger partial charge in [-0.1, -0.05) is 12.8 Å². The van der Waals surface area contributed by atoms with Gasteiger partial charge in [0.05, 0.1) is 0 Å². The molecule has 1 aliphatic carbocycles. The summed E-state index contributed by atoms with van der Waals surface area (Å²) in [6.07, 6.45) is 6.24. The molecular formula is C13H19N3O2S. The van der Waals surface area contributed by atoms with Gasteiger partial charge in [-0.05, 0) is 12.8 Å². The van der Waals surface area contributed by atoms with Crippen LogP contribution in [0.4, 0.5) is 5.13 Å². The topological polar surface area (TPSA) is 62.3 Å². The monoisotopic (exact) mass is 281 g/mol. The van der Waals surface area contributed by atoms with Gasteiger partial charge in [0, 0.05) is 37.5 Å². The van der Waals surface area contributed by atoms with E-state index in [4.69, 9.17) is 0 Å². The van der Waals surface area contributed by atoms with Gasteiger partial charge in [0.2, 0.25) is 11.8 Å². The molecule has 0 atom stereocenters. The molecule has 2 rings (SSSR count). The predicted octanol–water partition coefficient (Wildman–Crippen LogP) is 1.80. The first-order valence-corrected chi connectivity index (χ1v) is 7.50. The third-order valence-corrected chi connectivity index (χ3v) is 4.29. The number of hydrogen-bond donors (Lipinski definition) is 1. The number of amides is 2. The molecule has 0 unspecified atom stereocenters. The van der Waals surface area contributed by atoms with Gasteiger partial charge >= 0.3 is 0 Å². The Bertz CT molecular complexity index is 427. The van der Waals surface area contributed by atoms with E-state index in [0.29, 0.717) is 18.1 Å². The molecule has 1 N–H and O–H groups in total. The Balaban J connectivity index is 1.70. The van der Waals surface area contributed by atoms with Crippen molar-refractivity contribution < 1.29 is 9.59 Å². The van der Waals surface area contributed by atoms with E-state index in [1.165, 1.54) is 16.2 Å². The summed E-state index contributed by atoms with van der Waals surface area (Å²) in [5.74, 6) is 0.232. The van der Waals surface area contributed by atoms with Crippen molar-refractivity contribution in [2.75, 3.05) is 18.5 Å². The molecule has 0 saturated heterocycles. The van der Waals surface area contributed by atoms with Gasteiger partial charge in [-0.15, -0.1) is 11.3 Å². The highest BCUT2D eigenvalue weighted by Crippen LogP contribution is 2.24. The Hall–Kier alpha value is -1.43. The molecule has 0 aliphatic heterocycles. The highest BCUT2D eigenvalue weighted by atomic mass is 32.1. The summed E-state index contributed by atoms with van der Waals surface area (Å²) in [6.45, 7) is 0.407. The molecule has 104 valence electrons. The second-order valence-electron chi connectivity index (χ2n) is 4.79. The largest absolute Gasteiger partial charge is 0.355 e. The van der Waals surface area contributed by atoms with Crippen LogP contribution in [0.15, 0.2) is 11.6 Å². The number of carbonyl (C=O) groups excluding carboxylic acids is 2. The van der Waals surface area contributed by atoms with Crippen molar-refractivity contribution in [3.8, 4) is 0 Å². The van der Waals surface area contributed by atoms with Crippen molar-refractivity contribution in [1.82, 2.24) is 10.3 Å². The molecule has 0 bridgehead atoms. The summed E-state index contributed by atoms with van der Waals surface area (Å²) < 4.78 is 0. The van der Waals surface area contributed by atoms with Crippen molar-refractivity contribution in [1.29, 1.82) is 0 Å². The van der Waals surface area contributed by atoms with Crippen molar-refractivity contribution in [2.45, 2.75) is 32.1 Å². The molecule has 1 aromatic rings. The Labute approximate surface area is 117 Å². The van der Waals surface area contributed by atoms with E-state index in [2.05, 4.69) is 10.3 Å². The number of carbonyl (C=O) groups is 2. The van der Waals surface area contributed by atoms with Crippen molar-refractivity contribution in [2.24, 2.45) is 5.92 Å². The average Bonchev–Trinajstić information content (AvgIpc) is 3.10. The number of aromatic nitrogens is 1. The first-order valence-electron chi connectivity index (χ1n) is 6.62. The van der Waals surface area contributed by atoms with Gasteiger partial charge in [0.1, 0.15) is 0 Å². The molecule has 1 heterocycles. The molecule has 0 radical (unpaired) electrons. The third kappa shape index (κ3) is 3.76. The molecule has 1 saturated carbocycles. The van der Waals surface area contributed by atoms with E-state index in [-0.39, 0.29) is 17.7 Å². The van der Waals surface area contributed by atoms with Crippen molar-refractivity contribution in [3.05, 3.63) is 11.6 Å². The average molecular weight is 281 g/mol. The molecule has 1 fully saturated rings. The fraction of sp³-hybridized carbons (Fsp3) is 0.615. The lowest BCUT2D eigenvalue weighted by atomic mass is 10.1. The van der Waals surface area contributed by atoms with Gasteiger partial charge in [-0.3, -0.25) is 14.5 Å². The standard InChI is InChI=1S/C13H19N3O2S/c1-16(13-15-8-9-19-13)11(17)6-7-14-12(18)10-4-2-3-5-10/h8-10H,2-7H2,1H3,(H,14,18). The van der Waals surface area contributed by atoms with Crippen LogP contribution in [0.2, 0.25) is 0 Å². The van der Waals surface area contributed by atoms with E-state index in [1.807, 2.05) is 5.38 Å². The fourth-order valence-corrected chi connectivity index (χ4v) is 2.91. The molecule has 2 amide bonds. The molecule has 19 heavy (non-hydrogen) atoms. The van der Waals surface area contributed by atoms with Crippen LogP contribution in [0.25, 0.3) is 0 Å². The maximum atomic E-state index is 11.9. The van der Waals surface area contributed by atoms with Crippen LogP contribution >= 0.6 is 11.3 Å². The van der Waals surface area contributed by atoms with E-state index in [1.54, 1.807) is 13.2 Å². The molecule has 0 aromatic carbocycles. The molecule has 5 nitrogen and oxygen atoms in total. The number of thiazole rings is 1. The van der Waals surface area contributed by atoms with Crippen molar-refractivity contribution in [3.63, 3.8) is 0 Å². The Kier molecular flexibility index (Phi) is 4.90. The summed E-state index contributed by atoms with van der Waals surface area (Å²) in [5, 5.41) is 5.37. The summed E-state index contributed by atoms with van der Waals surface area (Å²) >= 11 is 1.43. The summed E-state index contributed by atoms with van der Waals surface area (Å²) in [6, 6.07) is 0. The first-order chi connectivity index (χ1) is 9.18. The lowest BCUT2D eigenvalue weighted by Gasteiger charge is -2.14. The predicted molar refractivity (Wildman–Crippen MR) is 75.1 cm³/mol. The first kappa shape index (κ1) is 14.0. The number of nitrogens with one attached hydrogen (secondary N) is 1. The SMILES string of the molecule is CN(C(=O)CCNC(=O)C1CCCC1)c1nccs1. The van der Waals surface area contributed by atoms with Crippen LogP contribution in [0, 0.1) is 5.92 Å². The van der Waals surface area contributed by atoms with E-state index in [0.717, 1.165) is 25.7 Å². The number of hydrogen-bond acceptors (Lipinski definition) is 4. The zero-order valence-corrected chi connectivity index (χ0v) is 11.9. The fourth-order valence-electron chi connectivity index (χ4n) is 2.28. The van der Waals surface area contributed by atoms with Crippen LogP contribution in [0.3, 0.4) is 0 Å². The third-order valence-electron chi connectivity index (χ3n) is 3.44. The second kappa shape index (κ2) is 6.65. The van der Waals surface area contributed by atoms with E-state index < -0.39 is 0 Å². The van der Waals surface area contributed by atoms with Gasteiger partial charge in [-0.2, -0.15) is 0 Å². The molecule has 0 spiro atoms. The maximum absolute atomic E-state index is 11.9. The number of anilines is 1. The minimum Gasteiger partial charge on any atom is -0.355 e. The number of nitrogens with zero attached hydrogens (tertiary/aromatic N) is 2. The Morgan fingerprint density at radius 2 is 2.21 bits per heavy atom. The van der Waals surface area contributed by atoms with Crippen LogP contribution in [-0.2, 0) is 9.59 Å². The lowest BCUT2D eigenvalue weighted by molar-refractivity contribution is -0.125. The highest BCUT2D eigenvalue weighted by Gasteiger charge is 2.22. The van der Waals surface area contributed by atoms with Crippen LogP contribution in [-0.4, -0.2) is 30.4 Å². The van der Waals surface area contributed by atoms with Crippen LogP contribution in [0.1, 0.15) is 32.1 Å². The van der Waals surface area contributed by atoms with Gasteiger partial charge in [-0.25, -0.2) is 4.98 Å². The summed E-state index contributed by atoms with van der Waals surface area (Å²) in [4.78, 5) is 29.3. The van der Waals surface area contributed by atoms with E-state index in [9.17, 15) is 9.59 Å². The minimum atomic E-state index is -0.0262.